The van der Waals surface area contributed by atoms with Crippen LogP contribution in [0.25, 0.3) is 0 Å². The molecule has 0 N–H and O–H groups in total. The van der Waals surface area contributed by atoms with Gasteiger partial charge in [0.25, 0.3) is 5.91 Å². The summed E-state index contributed by atoms with van der Waals surface area (Å²) in [6.45, 7) is 6.67. The molecule has 0 saturated carbocycles. The fourth-order valence-electron chi connectivity index (χ4n) is 3.42. The average molecular weight is 363 g/mol. The first kappa shape index (κ1) is 18.8. The third-order valence-electron chi connectivity index (χ3n) is 4.82. The Bertz CT molecular complexity index is 843. The number of para-hydroxylation sites is 1. The van der Waals surface area contributed by atoms with Crippen molar-refractivity contribution in [2.75, 3.05) is 31.1 Å². The number of amides is 1. The largest absolute Gasteiger partial charge is 0.481 e. The summed E-state index contributed by atoms with van der Waals surface area (Å²) in [5, 5.41) is 9.33. The zero-order chi connectivity index (χ0) is 19.2. The van der Waals surface area contributed by atoms with Crippen LogP contribution in [0.4, 0.5) is 5.69 Å². The molecular formula is C22H25N3O2. The van der Waals surface area contributed by atoms with Crippen LogP contribution < -0.4 is 9.64 Å². The molecular weight excluding hydrogens is 338 g/mol. The van der Waals surface area contributed by atoms with E-state index in [9.17, 15) is 10.1 Å². The van der Waals surface area contributed by atoms with Crippen LogP contribution in [-0.2, 0) is 4.79 Å². The lowest BCUT2D eigenvalue weighted by Crippen LogP contribution is -2.42. The van der Waals surface area contributed by atoms with Crippen molar-refractivity contribution in [2.24, 2.45) is 0 Å². The number of carbonyl (C=O) groups excluding carboxylic acids is 1. The number of benzene rings is 2. The maximum absolute atomic E-state index is 12.8. The number of aryl methyl sites for hydroxylation is 1. The van der Waals surface area contributed by atoms with Crippen LogP contribution in [0.1, 0.15) is 24.5 Å². The summed E-state index contributed by atoms with van der Waals surface area (Å²) in [6, 6.07) is 17.6. The van der Waals surface area contributed by atoms with Crippen molar-refractivity contribution in [1.82, 2.24) is 4.90 Å². The third kappa shape index (κ3) is 4.59. The van der Waals surface area contributed by atoms with E-state index in [-0.39, 0.29) is 5.91 Å². The van der Waals surface area contributed by atoms with Crippen LogP contribution >= 0.6 is 0 Å². The van der Waals surface area contributed by atoms with Crippen molar-refractivity contribution in [3.05, 3.63) is 59.7 Å². The number of ether oxygens (including phenoxy) is 1. The second kappa shape index (κ2) is 8.59. The van der Waals surface area contributed by atoms with Crippen molar-refractivity contribution < 1.29 is 9.53 Å². The predicted octanol–water partition coefficient (Wildman–Crippen LogP) is 3.37. The molecule has 1 saturated heterocycles. The van der Waals surface area contributed by atoms with E-state index >= 15 is 0 Å². The zero-order valence-electron chi connectivity index (χ0n) is 15.9. The van der Waals surface area contributed by atoms with Crippen LogP contribution in [0, 0.1) is 18.3 Å². The molecule has 0 radical (unpaired) electrons. The van der Waals surface area contributed by atoms with Gasteiger partial charge in [-0.1, -0.05) is 24.3 Å². The number of nitriles is 1. The fourth-order valence-corrected chi connectivity index (χ4v) is 3.42. The Hall–Kier alpha value is -3.00. The molecule has 1 heterocycles. The SMILES string of the molecule is Cc1cccc(OC(C)C(=O)N2CCCN(c3ccccc3C#N)CC2)c1. The highest BCUT2D eigenvalue weighted by Gasteiger charge is 2.25. The minimum atomic E-state index is -0.523. The van der Waals surface area contributed by atoms with Crippen LogP contribution in [0.3, 0.4) is 0 Å². The van der Waals surface area contributed by atoms with Gasteiger partial charge < -0.3 is 14.5 Å². The summed E-state index contributed by atoms with van der Waals surface area (Å²) < 4.78 is 5.85. The smallest absolute Gasteiger partial charge is 0.263 e. The first-order valence-corrected chi connectivity index (χ1v) is 9.34. The monoisotopic (exact) mass is 363 g/mol. The Morgan fingerprint density at radius 3 is 2.70 bits per heavy atom. The van der Waals surface area contributed by atoms with Gasteiger partial charge in [0.2, 0.25) is 0 Å². The third-order valence-corrected chi connectivity index (χ3v) is 4.82. The lowest BCUT2D eigenvalue weighted by Gasteiger charge is -2.26. The molecule has 1 atom stereocenters. The predicted molar refractivity (Wildman–Crippen MR) is 106 cm³/mol. The van der Waals surface area contributed by atoms with Gasteiger partial charge >= 0.3 is 0 Å². The molecule has 1 aliphatic heterocycles. The highest BCUT2D eigenvalue weighted by atomic mass is 16.5. The van der Waals surface area contributed by atoms with Crippen molar-refractivity contribution in [3.63, 3.8) is 0 Å². The summed E-state index contributed by atoms with van der Waals surface area (Å²) in [5.41, 5.74) is 2.72. The van der Waals surface area contributed by atoms with E-state index in [0.717, 1.165) is 30.0 Å². The first-order chi connectivity index (χ1) is 13.1. The van der Waals surface area contributed by atoms with E-state index in [1.807, 2.05) is 60.4 Å². The molecule has 0 aliphatic carbocycles. The molecule has 0 spiro atoms. The van der Waals surface area contributed by atoms with E-state index in [1.54, 1.807) is 6.92 Å². The molecule has 0 aromatic heterocycles. The highest BCUT2D eigenvalue weighted by molar-refractivity contribution is 5.81. The second-order valence-corrected chi connectivity index (χ2v) is 6.87. The Labute approximate surface area is 160 Å². The molecule has 3 rings (SSSR count). The molecule has 1 unspecified atom stereocenters. The van der Waals surface area contributed by atoms with Gasteiger partial charge in [-0.25, -0.2) is 0 Å². The molecule has 140 valence electrons. The number of hydrogen-bond donors (Lipinski definition) is 0. The zero-order valence-corrected chi connectivity index (χ0v) is 15.9. The number of rotatable bonds is 4. The second-order valence-electron chi connectivity index (χ2n) is 6.87. The summed E-state index contributed by atoms with van der Waals surface area (Å²) in [7, 11) is 0. The maximum Gasteiger partial charge on any atom is 0.263 e. The average Bonchev–Trinajstić information content (AvgIpc) is 2.93. The topological polar surface area (TPSA) is 56.6 Å². The van der Waals surface area contributed by atoms with Crippen molar-refractivity contribution in [1.29, 1.82) is 5.26 Å². The first-order valence-electron chi connectivity index (χ1n) is 9.34. The van der Waals surface area contributed by atoms with Crippen LogP contribution in [-0.4, -0.2) is 43.1 Å². The minimum absolute atomic E-state index is 0.00641. The molecule has 5 heteroatoms. The molecule has 0 bridgehead atoms. The van der Waals surface area contributed by atoms with Crippen molar-refractivity contribution in [3.8, 4) is 11.8 Å². The van der Waals surface area contributed by atoms with Crippen molar-refractivity contribution >= 4 is 11.6 Å². The Balaban J connectivity index is 1.63. The van der Waals surface area contributed by atoms with Crippen LogP contribution in [0.5, 0.6) is 5.75 Å². The van der Waals surface area contributed by atoms with E-state index < -0.39 is 6.10 Å². The molecule has 2 aromatic carbocycles. The minimum Gasteiger partial charge on any atom is -0.481 e. The quantitative estimate of drug-likeness (QED) is 0.836. The molecule has 1 amide bonds. The lowest BCUT2D eigenvalue weighted by molar-refractivity contribution is -0.137. The summed E-state index contributed by atoms with van der Waals surface area (Å²) >= 11 is 0. The fraction of sp³-hybridized carbons (Fsp3) is 0.364. The van der Waals surface area contributed by atoms with Gasteiger partial charge in [-0.3, -0.25) is 4.79 Å². The molecule has 1 aliphatic rings. The van der Waals surface area contributed by atoms with Gasteiger partial charge in [-0.15, -0.1) is 0 Å². The van der Waals surface area contributed by atoms with Crippen molar-refractivity contribution in [2.45, 2.75) is 26.4 Å². The normalized spacial score (nSPS) is 15.6. The van der Waals surface area contributed by atoms with Gasteiger partial charge in [0, 0.05) is 26.2 Å². The van der Waals surface area contributed by atoms with E-state index in [1.165, 1.54) is 0 Å². The Morgan fingerprint density at radius 1 is 1.11 bits per heavy atom. The summed E-state index contributed by atoms with van der Waals surface area (Å²) in [6.07, 6.45) is 0.340. The van der Waals surface area contributed by atoms with E-state index in [2.05, 4.69) is 11.0 Å². The number of carbonyl (C=O) groups is 1. The summed E-state index contributed by atoms with van der Waals surface area (Å²) in [5.74, 6) is 0.724. The maximum atomic E-state index is 12.8. The number of hydrogen-bond acceptors (Lipinski definition) is 4. The molecule has 27 heavy (non-hydrogen) atoms. The Morgan fingerprint density at radius 2 is 1.93 bits per heavy atom. The summed E-state index contributed by atoms with van der Waals surface area (Å²) in [4.78, 5) is 16.9. The van der Waals surface area contributed by atoms with Gasteiger partial charge in [0.15, 0.2) is 6.10 Å². The lowest BCUT2D eigenvalue weighted by atomic mass is 10.1. The van der Waals surface area contributed by atoms with Gasteiger partial charge in [0.1, 0.15) is 11.8 Å². The van der Waals surface area contributed by atoms with Gasteiger partial charge in [-0.2, -0.15) is 5.26 Å². The Kier molecular flexibility index (Phi) is 5.97. The van der Waals surface area contributed by atoms with E-state index in [0.29, 0.717) is 25.2 Å². The molecule has 5 nitrogen and oxygen atoms in total. The molecule has 2 aromatic rings. The highest BCUT2D eigenvalue weighted by Crippen LogP contribution is 2.22. The number of anilines is 1. The van der Waals surface area contributed by atoms with Crippen LogP contribution in [0.15, 0.2) is 48.5 Å². The van der Waals surface area contributed by atoms with E-state index in [4.69, 9.17) is 4.74 Å². The van der Waals surface area contributed by atoms with Crippen LogP contribution in [0.2, 0.25) is 0 Å². The van der Waals surface area contributed by atoms with Gasteiger partial charge in [0.05, 0.1) is 11.3 Å². The standard InChI is InChI=1S/C22H25N3O2/c1-17-7-5-9-20(15-17)27-18(2)22(26)25-12-6-11-24(13-14-25)21-10-4-3-8-19(21)16-23/h3-5,7-10,15,18H,6,11-14H2,1-2H3. The molecule has 1 fully saturated rings. The number of nitrogens with zero attached hydrogens (tertiary/aromatic N) is 3. The van der Waals surface area contributed by atoms with Gasteiger partial charge in [-0.05, 0) is 50.1 Å².